The second-order valence-corrected chi connectivity index (χ2v) is 11.5. The van der Waals surface area contributed by atoms with E-state index in [0.29, 0.717) is 37.5 Å². The van der Waals surface area contributed by atoms with E-state index in [1.807, 2.05) is 42.8 Å². The number of aliphatic hydroxyl groups is 1. The molecule has 194 valence electrons. The van der Waals surface area contributed by atoms with Crippen LogP contribution in [-0.4, -0.2) is 69.9 Å². The first-order chi connectivity index (χ1) is 18.0. The highest BCUT2D eigenvalue weighted by Gasteiger charge is 2.29. The molecule has 2 atom stereocenters. The van der Waals surface area contributed by atoms with Crippen LogP contribution in [0.4, 0.5) is 0 Å². The monoisotopic (exact) mass is 634 g/mol. The number of H-pyrrole nitrogens is 1. The molecule has 6 heterocycles. The molecule has 0 radical (unpaired) electrons. The lowest BCUT2D eigenvalue weighted by Crippen LogP contribution is -2.35. The Bertz CT molecular complexity index is 1570. The number of rotatable bonds is 3. The van der Waals surface area contributed by atoms with Gasteiger partial charge in [-0.3, -0.25) is 24.5 Å². The Morgan fingerprint density at radius 1 is 1.32 bits per heavy atom. The fourth-order valence-corrected chi connectivity index (χ4v) is 6.96. The maximum absolute atomic E-state index is 13.0. The molecule has 2 aliphatic heterocycles. The normalized spacial score (nSPS) is 19.1. The van der Waals surface area contributed by atoms with Crippen molar-refractivity contribution in [1.29, 1.82) is 0 Å². The number of aryl methyl sites for hydroxylation is 2. The van der Waals surface area contributed by atoms with Crippen LogP contribution in [0.1, 0.15) is 35.5 Å². The summed E-state index contributed by atoms with van der Waals surface area (Å²) in [6, 6.07) is 2.23. The molecule has 1 saturated heterocycles. The summed E-state index contributed by atoms with van der Waals surface area (Å²) in [5, 5.41) is 23.0. The maximum Gasteiger partial charge on any atom is 0.271 e. The molecule has 2 bridgehead atoms. The highest BCUT2D eigenvalue weighted by Crippen LogP contribution is 2.37. The largest absolute Gasteiger partial charge is 0.476 e. The van der Waals surface area contributed by atoms with Gasteiger partial charge in [0.1, 0.15) is 6.61 Å². The van der Waals surface area contributed by atoms with Crippen molar-refractivity contribution in [3.63, 3.8) is 0 Å². The molecule has 2 N–H and O–H groups in total. The van der Waals surface area contributed by atoms with Crippen molar-refractivity contribution in [2.24, 2.45) is 7.05 Å². The fourth-order valence-electron chi connectivity index (χ4n) is 5.44. The Balaban J connectivity index is 1.57. The summed E-state index contributed by atoms with van der Waals surface area (Å²) in [6.45, 7) is 4.25. The second kappa shape index (κ2) is 9.97. The molecule has 0 aliphatic carbocycles. The number of pyridine rings is 1. The molecule has 4 aromatic heterocycles. The summed E-state index contributed by atoms with van der Waals surface area (Å²) in [5.41, 5.74) is 5.49. The molecule has 37 heavy (non-hydrogen) atoms. The molecule has 0 saturated carbocycles. The lowest BCUT2D eigenvalue weighted by Gasteiger charge is -2.25. The Labute approximate surface area is 227 Å². The first kappa shape index (κ1) is 24.8. The number of fused-ring (bicyclic) bond motifs is 5. The van der Waals surface area contributed by atoms with Crippen molar-refractivity contribution in [1.82, 2.24) is 39.0 Å². The van der Waals surface area contributed by atoms with E-state index in [4.69, 9.17) is 14.8 Å². The number of aromatic nitrogens is 7. The van der Waals surface area contributed by atoms with Crippen LogP contribution in [0.5, 0.6) is 5.88 Å². The number of hydrogen-bond acceptors (Lipinski definition) is 7. The van der Waals surface area contributed by atoms with Crippen LogP contribution in [0.25, 0.3) is 34.3 Å². The minimum atomic E-state index is -0.174. The molecule has 0 spiro atoms. The van der Waals surface area contributed by atoms with E-state index in [9.17, 15) is 9.90 Å². The Morgan fingerprint density at radius 2 is 2.19 bits per heavy atom. The molecular formula is C24H28IN8O3P. The zero-order chi connectivity index (χ0) is 25.7. The van der Waals surface area contributed by atoms with Crippen molar-refractivity contribution in [3.8, 4) is 17.1 Å². The number of aromatic amines is 1. The molecule has 2 unspecified atom stereocenters. The van der Waals surface area contributed by atoms with E-state index >= 15 is 0 Å². The molecule has 2 aliphatic rings. The lowest BCUT2D eigenvalue weighted by molar-refractivity contribution is 0.156. The van der Waals surface area contributed by atoms with Crippen molar-refractivity contribution in [3.05, 3.63) is 45.3 Å². The molecule has 13 heteroatoms. The van der Waals surface area contributed by atoms with E-state index in [0.717, 1.165) is 58.6 Å². The molecule has 6 rings (SSSR count). The third-order valence-corrected chi connectivity index (χ3v) is 9.09. The molecule has 0 aromatic carbocycles. The number of ether oxygens (including phenoxy) is 1. The van der Waals surface area contributed by atoms with Gasteiger partial charge in [-0.05, 0) is 66.6 Å². The minimum Gasteiger partial charge on any atom is -0.476 e. The Hall–Kier alpha value is -2.54. The minimum absolute atomic E-state index is 0.0582. The number of aliphatic hydroxyl groups excluding tert-OH is 1. The zero-order valence-electron chi connectivity index (χ0n) is 20.6. The van der Waals surface area contributed by atoms with Crippen molar-refractivity contribution in [2.75, 3.05) is 19.8 Å². The second-order valence-electron chi connectivity index (χ2n) is 9.44. The van der Waals surface area contributed by atoms with Crippen molar-refractivity contribution >= 4 is 51.5 Å². The molecule has 11 nitrogen and oxygen atoms in total. The van der Waals surface area contributed by atoms with Gasteiger partial charge in [0.2, 0.25) is 5.88 Å². The molecule has 4 aromatic rings. The van der Waals surface area contributed by atoms with Gasteiger partial charge >= 0.3 is 0 Å². The van der Waals surface area contributed by atoms with E-state index < -0.39 is 0 Å². The lowest BCUT2D eigenvalue weighted by atomic mass is 10.1. The Kier molecular flexibility index (Phi) is 6.68. The van der Waals surface area contributed by atoms with E-state index in [1.165, 1.54) is 0 Å². The molecule has 0 amide bonds. The van der Waals surface area contributed by atoms with E-state index in [2.05, 4.69) is 37.1 Å². The smallest absolute Gasteiger partial charge is 0.271 e. The van der Waals surface area contributed by atoms with Crippen LogP contribution in [0.3, 0.4) is 0 Å². The van der Waals surface area contributed by atoms with E-state index in [-0.39, 0.29) is 18.2 Å². The van der Waals surface area contributed by atoms with E-state index in [1.54, 1.807) is 9.36 Å². The fraction of sp³-hybridized carbons (Fsp3) is 0.417. The molecule has 1 fully saturated rings. The number of nitrogens with zero attached hydrogens (tertiary/aromatic N) is 7. The van der Waals surface area contributed by atoms with Crippen LogP contribution in [0.2, 0.25) is 0 Å². The third kappa shape index (κ3) is 4.33. The van der Waals surface area contributed by atoms with Gasteiger partial charge in [0, 0.05) is 25.0 Å². The van der Waals surface area contributed by atoms with Gasteiger partial charge in [-0.2, -0.15) is 10.2 Å². The SMILES string of the molecule is Cc1nn(C)c2c1-c1cc3c(nn(PI)c3cn1)/C=C/c1c(n(CCO)[nH]c1=O)CN1CCCC1CO2. The average Bonchev–Trinajstić information content (AvgIpc) is 3.61. The van der Waals surface area contributed by atoms with Gasteiger partial charge in [0.05, 0.1) is 65.1 Å². The highest BCUT2D eigenvalue weighted by atomic mass is 127. The van der Waals surface area contributed by atoms with Gasteiger partial charge < -0.3 is 9.84 Å². The molecular weight excluding hydrogens is 606 g/mol. The maximum atomic E-state index is 13.0. The third-order valence-electron chi connectivity index (χ3n) is 7.21. The predicted molar refractivity (Wildman–Crippen MR) is 152 cm³/mol. The summed E-state index contributed by atoms with van der Waals surface area (Å²) in [5.74, 6) is 0.700. The van der Waals surface area contributed by atoms with Gasteiger partial charge in [-0.15, -0.1) is 0 Å². The van der Waals surface area contributed by atoms with Crippen molar-refractivity contribution in [2.45, 2.75) is 38.9 Å². The predicted octanol–water partition coefficient (Wildman–Crippen LogP) is 2.94. The summed E-state index contributed by atoms with van der Waals surface area (Å²) < 4.78 is 11.9. The topological polar surface area (TPSA) is 119 Å². The summed E-state index contributed by atoms with van der Waals surface area (Å²) >= 11 is 2.31. The summed E-state index contributed by atoms with van der Waals surface area (Å²) in [6.07, 6.45) is 8.08. The Morgan fingerprint density at radius 3 is 3.00 bits per heavy atom. The van der Waals surface area contributed by atoms with Crippen molar-refractivity contribution < 1.29 is 9.84 Å². The quantitative estimate of drug-likeness (QED) is 0.263. The summed E-state index contributed by atoms with van der Waals surface area (Å²) in [4.78, 5) is 20.2. The van der Waals surface area contributed by atoms with Gasteiger partial charge in [-0.1, -0.05) is 0 Å². The van der Waals surface area contributed by atoms with Crippen LogP contribution < -0.4 is 10.3 Å². The number of nitrogens with one attached hydrogen (secondary N) is 1. The van der Waals surface area contributed by atoms with Crippen LogP contribution in [0, 0.1) is 6.92 Å². The van der Waals surface area contributed by atoms with Crippen LogP contribution >= 0.6 is 28.4 Å². The zero-order valence-corrected chi connectivity index (χ0v) is 23.8. The number of halogens is 1. The van der Waals surface area contributed by atoms with Gasteiger partial charge in [0.15, 0.2) is 0 Å². The van der Waals surface area contributed by atoms with Crippen LogP contribution in [0.15, 0.2) is 17.1 Å². The highest BCUT2D eigenvalue weighted by molar-refractivity contribution is 14.2. The first-order valence-corrected chi connectivity index (χ1v) is 16.3. The summed E-state index contributed by atoms with van der Waals surface area (Å²) in [7, 11) is 1.90. The average molecular weight is 634 g/mol. The number of hydrogen-bond donors (Lipinski definition) is 2. The van der Waals surface area contributed by atoms with Gasteiger partial charge in [-0.25, -0.2) is 9.13 Å². The van der Waals surface area contributed by atoms with Crippen LogP contribution in [-0.2, 0) is 20.1 Å². The first-order valence-electron chi connectivity index (χ1n) is 12.3. The standard InChI is InChI=1S/C24H28IN8O3P/c1-14-22-19-10-17-18(28-33(37-25)20(17)11-26-19)6-5-16-21(32(8-9-34)29-23(16)35)12-31-7-3-4-15(31)13-36-24(22)30(2)27-14/h5-6,10-11,15,34,37H,3-4,7-9,12-13H2,1-2H3,(H,29,35)/b6-5+. The van der Waals surface area contributed by atoms with Gasteiger partial charge in [0.25, 0.3) is 5.56 Å².